The average molecular weight is 341 g/mol. The van der Waals surface area contributed by atoms with E-state index in [1.807, 2.05) is 0 Å². The number of rotatable bonds is 4. The first-order valence-corrected chi connectivity index (χ1v) is 7.56. The highest BCUT2D eigenvalue weighted by atomic mass is 79.9. The molecule has 1 aliphatic rings. The molecule has 1 amide bonds. The van der Waals surface area contributed by atoms with E-state index in [1.54, 1.807) is 24.1 Å². The van der Waals surface area contributed by atoms with Crippen molar-refractivity contribution < 1.29 is 9.90 Å². The number of nitrogens with zero attached hydrogens (tertiary/aromatic N) is 2. The quantitative estimate of drug-likeness (QED) is 0.916. The second-order valence-electron chi connectivity index (χ2n) is 5.80. The van der Waals surface area contributed by atoms with Crippen molar-refractivity contribution >= 4 is 21.8 Å². The third-order valence-electron chi connectivity index (χ3n) is 4.30. The molecular formula is C15H21BrN2O2. The van der Waals surface area contributed by atoms with Crippen LogP contribution < -0.4 is 0 Å². The molecule has 0 unspecified atom stereocenters. The number of phenolic OH excluding ortho intramolecular Hbond substituents is 1. The lowest BCUT2D eigenvalue weighted by Gasteiger charge is -2.49. The van der Waals surface area contributed by atoms with Gasteiger partial charge in [-0.1, -0.05) is 15.9 Å². The molecule has 0 aromatic heterocycles. The number of hydrogen-bond donors (Lipinski definition) is 1. The fraction of sp³-hybridized carbons (Fsp3) is 0.533. The number of likely N-dealkylation sites (N-methyl/N-ethyl adjacent to an activating group) is 2. The maximum atomic E-state index is 12.5. The summed E-state index contributed by atoms with van der Waals surface area (Å²) < 4.78 is 0.790. The lowest BCUT2D eigenvalue weighted by molar-refractivity contribution is 0.0251. The second kappa shape index (κ2) is 5.74. The van der Waals surface area contributed by atoms with E-state index in [4.69, 9.17) is 0 Å². The van der Waals surface area contributed by atoms with Crippen molar-refractivity contribution in [2.24, 2.45) is 0 Å². The molecule has 0 atom stereocenters. The summed E-state index contributed by atoms with van der Waals surface area (Å²) in [5.74, 6) is -0.116. The van der Waals surface area contributed by atoms with Crippen LogP contribution >= 0.6 is 15.9 Å². The number of carbonyl (C=O) groups excluding carboxylic acids is 1. The molecule has 1 saturated carbocycles. The molecule has 1 aliphatic carbocycles. The lowest BCUT2D eigenvalue weighted by Crippen LogP contribution is -2.57. The van der Waals surface area contributed by atoms with Gasteiger partial charge in [0.1, 0.15) is 5.75 Å². The van der Waals surface area contributed by atoms with Crippen molar-refractivity contribution in [3.63, 3.8) is 0 Å². The van der Waals surface area contributed by atoms with E-state index in [0.29, 0.717) is 12.1 Å². The van der Waals surface area contributed by atoms with Gasteiger partial charge < -0.3 is 14.9 Å². The van der Waals surface area contributed by atoms with Gasteiger partial charge in [-0.25, -0.2) is 0 Å². The summed E-state index contributed by atoms with van der Waals surface area (Å²) in [5.41, 5.74) is 0.432. The van der Waals surface area contributed by atoms with Crippen molar-refractivity contribution in [1.29, 1.82) is 0 Å². The molecule has 0 spiro atoms. The monoisotopic (exact) mass is 340 g/mol. The SMILES string of the molecule is CN(CC1(N(C)C)CCC1)C(=O)c1cc(Br)ccc1O. The van der Waals surface area contributed by atoms with Crippen LogP contribution in [0.25, 0.3) is 0 Å². The van der Waals surface area contributed by atoms with E-state index in [-0.39, 0.29) is 17.2 Å². The predicted octanol–water partition coefficient (Wildman–Crippen LogP) is 2.71. The molecule has 0 radical (unpaired) electrons. The number of phenols is 1. The highest BCUT2D eigenvalue weighted by Crippen LogP contribution is 2.37. The van der Waals surface area contributed by atoms with Gasteiger partial charge in [-0.2, -0.15) is 0 Å². The van der Waals surface area contributed by atoms with Crippen molar-refractivity contribution in [1.82, 2.24) is 9.80 Å². The number of halogens is 1. The molecule has 0 aliphatic heterocycles. The van der Waals surface area contributed by atoms with Crippen molar-refractivity contribution in [2.45, 2.75) is 24.8 Å². The molecule has 0 saturated heterocycles. The number of hydrogen-bond acceptors (Lipinski definition) is 3. The van der Waals surface area contributed by atoms with Gasteiger partial charge in [0.15, 0.2) is 0 Å². The Bertz CT molecular complexity index is 513. The van der Waals surface area contributed by atoms with Crippen molar-refractivity contribution in [3.8, 4) is 5.75 Å². The summed E-state index contributed by atoms with van der Waals surface area (Å²) in [4.78, 5) is 16.4. The average Bonchev–Trinajstić information content (AvgIpc) is 2.35. The maximum Gasteiger partial charge on any atom is 0.257 e. The minimum Gasteiger partial charge on any atom is -0.507 e. The first kappa shape index (κ1) is 15.3. The molecule has 0 bridgehead atoms. The van der Waals surface area contributed by atoms with E-state index >= 15 is 0 Å². The minimum absolute atomic E-state index is 0.0255. The Morgan fingerprint density at radius 2 is 2.00 bits per heavy atom. The van der Waals surface area contributed by atoms with E-state index < -0.39 is 0 Å². The van der Waals surface area contributed by atoms with Gasteiger partial charge in [-0.3, -0.25) is 4.79 Å². The third-order valence-corrected chi connectivity index (χ3v) is 4.79. The Labute approximate surface area is 128 Å². The Balaban J connectivity index is 2.14. The third kappa shape index (κ3) is 2.83. The zero-order valence-electron chi connectivity index (χ0n) is 12.2. The second-order valence-corrected chi connectivity index (χ2v) is 6.71. The molecular weight excluding hydrogens is 320 g/mol. The normalized spacial score (nSPS) is 16.9. The Morgan fingerprint density at radius 3 is 2.50 bits per heavy atom. The molecule has 1 N–H and O–H groups in total. The summed E-state index contributed by atoms with van der Waals surface area (Å²) in [7, 11) is 5.92. The van der Waals surface area contributed by atoms with Crippen LogP contribution in [0.2, 0.25) is 0 Å². The van der Waals surface area contributed by atoms with Gasteiger partial charge in [0, 0.05) is 23.6 Å². The van der Waals surface area contributed by atoms with Crippen LogP contribution in [0.1, 0.15) is 29.6 Å². The van der Waals surface area contributed by atoms with Crippen molar-refractivity contribution in [3.05, 3.63) is 28.2 Å². The van der Waals surface area contributed by atoms with Crippen molar-refractivity contribution in [2.75, 3.05) is 27.7 Å². The van der Waals surface area contributed by atoms with E-state index in [1.165, 1.54) is 12.5 Å². The number of benzene rings is 1. The summed E-state index contributed by atoms with van der Waals surface area (Å²) in [6.45, 7) is 0.685. The van der Waals surface area contributed by atoms with Crippen LogP contribution in [0.15, 0.2) is 22.7 Å². The number of amides is 1. The van der Waals surface area contributed by atoms with Gasteiger partial charge in [0.05, 0.1) is 5.56 Å². The zero-order valence-corrected chi connectivity index (χ0v) is 13.8. The van der Waals surface area contributed by atoms with Gasteiger partial charge in [-0.05, 0) is 51.6 Å². The number of aromatic hydroxyl groups is 1. The molecule has 1 aromatic rings. The van der Waals surface area contributed by atoms with Crippen LogP contribution in [0.3, 0.4) is 0 Å². The van der Waals surface area contributed by atoms with E-state index in [9.17, 15) is 9.90 Å². The maximum absolute atomic E-state index is 12.5. The molecule has 1 fully saturated rings. The standard InChI is InChI=1S/C15H21BrN2O2/c1-17(2)15(7-4-8-15)10-18(3)14(20)12-9-11(16)5-6-13(12)19/h5-6,9,19H,4,7-8,10H2,1-3H3. The topological polar surface area (TPSA) is 43.8 Å². The summed E-state index contributed by atoms with van der Waals surface area (Å²) in [5, 5.41) is 9.85. The largest absolute Gasteiger partial charge is 0.507 e. The first-order valence-electron chi connectivity index (χ1n) is 6.77. The molecule has 0 heterocycles. The molecule has 4 nitrogen and oxygen atoms in total. The number of carbonyl (C=O) groups is 1. The Morgan fingerprint density at radius 1 is 1.35 bits per heavy atom. The van der Waals surface area contributed by atoms with Gasteiger partial charge in [-0.15, -0.1) is 0 Å². The van der Waals surface area contributed by atoms with E-state index in [0.717, 1.165) is 17.3 Å². The summed E-state index contributed by atoms with van der Waals surface area (Å²) in [6.07, 6.45) is 3.44. The van der Waals surface area contributed by atoms with Crippen LogP contribution in [0.4, 0.5) is 0 Å². The molecule has 110 valence electrons. The summed E-state index contributed by atoms with van der Waals surface area (Å²) >= 11 is 3.33. The Kier molecular flexibility index (Phi) is 4.39. The first-order chi connectivity index (χ1) is 9.35. The van der Waals surface area contributed by atoms with Crippen LogP contribution in [-0.2, 0) is 0 Å². The van der Waals surface area contributed by atoms with E-state index in [2.05, 4.69) is 34.9 Å². The highest BCUT2D eigenvalue weighted by Gasteiger charge is 2.40. The van der Waals surface area contributed by atoms with Crippen LogP contribution in [-0.4, -0.2) is 54.0 Å². The smallest absolute Gasteiger partial charge is 0.257 e. The molecule has 1 aromatic carbocycles. The minimum atomic E-state index is -0.142. The zero-order chi connectivity index (χ0) is 14.9. The fourth-order valence-corrected chi connectivity index (χ4v) is 3.09. The Hall–Kier alpha value is -1.07. The predicted molar refractivity (Wildman–Crippen MR) is 83.0 cm³/mol. The molecule has 2 rings (SSSR count). The van der Waals surface area contributed by atoms with Gasteiger partial charge >= 0.3 is 0 Å². The van der Waals surface area contributed by atoms with Crippen LogP contribution in [0, 0.1) is 0 Å². The molecule has 20 heavy (non-hydrogen) atoms. The highest BCUT2D eigenvalue weighted by molar-refractivity contribution is 9.10. The fourth-order valence-electron chi connectivity index (χ4n) is 2.73. The molecule has 5 heteroatoms. The van der Waals surface area contributed by atoms with Gasteiger partial charge in [0.25, 0.3) is 5.91 Å². The lowest BCUT2D eigenvalue weighted by atomic mass is 9.75. The summed E-state index contributed by atoms with van der Waals surface area (Å²) in [6, 6.07) is 4.92. The van der Waals surface area contributed by atoms with Gasteiger partial charge in [0.2, 0.25) is 0 Å². The van der Waals surface area contributed by atoms with Crippen LogP contribution in [0.5, 0.6) is 5.75 Å².